The molecule has 0 aromatic carbocycles. The Kier molecular flexibility index (Phi) is 4.10. The average molecular weight is 272 g/mol. The van der Waals surface area contributed by atoms with Crippen molar-refractivity contribution in [3.8, 4) is 0 Å². The molecule has 0 spiro atoms. The first-order chi connectivity index (χ1) is 8.13. The van der Waals surface area contributed by atoms with Gasteiger partial charge in [0.1, 0.15) is 0 Å². The summed E-state index contributed by atoms with van der Waals surface area (Å²) in [5.41, 5.74) is 1.21. The predicted molar refractivity (Wildman–Crippen MR) is 73.2 cm³/mol. The van der Waals surface area contributed by atoms with Crippen LogP contribution in [0.2, 0.25) is 0 Å². The molecule has 2 nitrogen and oxygen atoms in total. The number of hydrogen-bond acceptors (Lipinski definition) is 2. The van der Waals surface area contributed by atoms with Gasteiger partial charge in [0, 0.05) is 23.3 Å². The Balaban J connectivity index is 2.14. The number of hydrogen-bond donors (Lipinski definition) is 0. The van der Waals surface area contributed by atoms with Crippen molar-refractivity contribution in [2.24, 2.45) is 0 Å². The lowest BCUT2D eigenvalue weighted by atomic mass is 9.91. The highest BCUT2D eigenvalue weighted by molar-refractivity contribution is 7.14. The monoisotopic (exact) mass is 271 g/mol. The van der Waals surface area contributed by atoms with E-state index in [1.165, 1.54) is 16.9 Å². The van der Waals surface area contributed by atoms with Crippen LogP contribution in [0.15, 0.2) is 6.07 Å². The molecule has 0 unspecified atom stereocenters. The zero-order valence-electron chi connectivity index (χ0n) is 10.3. The summed E-state index contributed by atoms with van der Waals surface area (Å²) >= 11 is 7.39. The summed E-state index contributed by atoms with van der Waals surface area (Å²) in [5.74, 6) is 0.683. The maximum absolute atomic E-state index is 12.4. The molecule has 1 aromatic heterocycles. The number of rotatable bonds is 4. The Hall–Kier alpha value is -0.540. The lowest BCUT2D eigenvalue weighted by Gasteiger charge is -2.37. The summed E-state index contributed by atoms with van der Waals surface area (Å²) in [6.07, 6.45) is 3.50. The molecular formula is C13H18ClNOS. The maximum atomic E-state index is 12.4. The Bertz CT molecular complexity index is 392. The third-order valence-corrected chi connectivity index (χ3v) is 4.79. The molecule has 1 aliphatic carbocycles. The average Bonchev–Trinajstić information content (AvgIpc) is 2.55. The number of halogens is 1. The molecule has 1 aliphatic rings. The Morgan fingerprint density at radius 2 is 2.24 bits per heavy atom. The van der Waals surface area contributed by atoms with Gasteiger partial charge in [0.05, 0.1) is 4.88 Å². The van der Waals surface area contributed by atoms with E-state index >= 15 is 0 Å². The largest absolute Gasteiger partial charge is 0.334 e. The second kappa shape index (κ2) is 5.40. The predicted octanol–water partition coefficient (Wildman–Crippen LogP) is 3.60. The molecule has 94 valence electrons. The van der Waals surface area contributed by atoms with E-state index in [4.69, 9.17) is 11.6 Å². The number of nitrogens with zero attached hydrogens (tertiary/aromatic N) is 1. The quantitative estimate of drug-likeness (QED) is 0.767. The molecule has 1 saturated carbocycles. The molecule has 0 saturated heterocycles. The molecule has 4 heteroatoms. The molecule has 1 heterocycles. The fourth-order valence-corrected chi connectivity index (χ4v) is 3.23. The molecule has 0 atom stereocenters. The maximum Gasteiger partial charge on any atom is 0.264 e. The highest BCUT2D eigenvalue weighted by atomic mass is 35.5. The van der Waals surface area contributed by atoms with E-state index in [9.17, 15) is 4.79 Å². The normalized spacial score (nSPS) is 15.7. The highest BCUT2D eigenvalue weighted by Crippen LogP contribution is 2.28. The minimum absolute atomic E-state index is 0.163. The van der Waals surface area contributed by atoms with Crippen molar-refractivity contribution in [3.63, 3.8) is 0 Å². The van der Waals surface area contributed by atoms with Crippen molar-refractivity contribution in [1.82, 2.24) is 4.90 Å². The van der Waals surface area contributed by atoms with Crippen LogP contribution in [0.5, 0.6) is 0 Å². The van der Waals surface area contributed by atoms with E-state index in [-0.39, 0.29) is 5.91 Å². The zero-order valence-corrected chi connectivity index (χ0v) is 11.9. The van der Waals surface area contributed by atoms with Gasteiger partial charge in [-0.2, -0.15) is 0 Å². The number of amides is 1. The van der Waals surface area contributed by atoms with Crippen LogP contribution in [0, 0.1) is 13.8 Å². The lowest BCUT2D eigenvalue weighted by Crippen LogP contribution is -2.45. The van der Waals surface area contributed by atoms with Crippen molar-refractivity contribution < 1.29 is 4.79 Å². The summed E-state index contributed by atoms with van der Waals surface area (Å²) in [6, 6.07) is 2.42. The van der Waals surface area contributed by atoms with Crippen LogP contribution < -0.4 is 0 Å². The van der Waals surface area contributed by atoms with Gasteiger partial charge in [-0.25, -0.2) is 0 Å². The van der Waals surface area contributed by atoms with Crippen molar-refractivity contribution in [1.29, 1.82) is 0 Å². The summed E-state index contributed by atoms with van der Waals surface area (Å²) in [7, 11) is 0. The highest BCUT2D eigenvalue weighted by Gasteiger charge is 2.29. The van der Waals surface area contributed by atoms with Gasteiger partial charge in [0.2, 0.25) is 0 Å². The van der Waals surface area contributed by atoms with Crippen molar-refractivity contribution in [2.75, 3.05) is 12.4 Å². The standard InChI is InChI=1S/C13H18ClNOS/c1-9-8-12(17-10(9)2)13(16)15(7-6-14)11-4-3-5-11/h8,11H,3-7H2,1-2H3. The number of alkyl halides is 1. The van der Waals surface area contributed by atoms with E-state index in [0.717, 1.165) is 17.7 Å². The minimum Gasteiger partial charge on any atom is -0.334 e. The molecule has 0 bridgehead atoms. The summed E-state index contributed by atoms with van der Waals surface area (Å²) in [6.45, 7) is 4.78. The first-order valence-electron chi connectivity index (χ1n) is 6.07. The zero-order chi connectivity index (χ0) is 12.4. The van der Waals surface area contributed by atoms with Crippen LogP contribution >= 0.6 is 22.9 Å². The van der Waals surface area contributed by atoms with Crippen LogP contribution in [0.3, 0.4) is 0 Å². The molecule has 1 amide bonds. The van der Waals surface area contributed by atoms with Crippen molar-refractivity contribution in [2.45, 2.75) is 39.2 Å². The van der Waals surface area contributed by atoms with Crippen LogP contribution in [0.1, 0.15) is 39.4 Å². The molecule has 1 fully saturated rings. The summed E-state index contributed by atoms with van der Waals surface area (Å²) < 4.78 is 0. The topological polar surface area (TPSA) is 20.3 Å². The van der Waals surface area contributed by atoms with E-state index in [0.29, 0.717) is 18.5 Å². The van der Waals surface area contributed by atoms with Gasteiger partial charge in [-0.15, -0.1) is 22.9 Å². The Morgan fingerprint density at radius 1 is 1.53 bits per heavy atom. The first kappa shape index (κ1) is 12.9. The van der Waals surface area contributed by atoms with Crippen molar-refractivity contribution >= 4 is 28.8 Å². The minimum atomic E-state index is 0.163. The van der Waals surface area contributed by atoms with Crippen LogP contribution in [0.25, 0.3) is 0 Å². The number of carbonyl (C=O) groups is 1. The molecule has 17 heavy (non-hydrogen) atoms. The van der Waals surface area contributed by atoms with Gasteiger partial charge in [-0.05, 0) is 44.7 Å². The number of aryl methyl sites for hydroxylation is 2. The van der Waals surface area contributed by atoms with Crippen LogP contribution in [-0.2, 0) is 0 Å². The van der Waals surface area contributed by atoms with Gasteiger partial charge in [-0.1, -0.05) is 0 Å². The number of thiophene rings is 1. The Labute approximate surface area is 112 Å². The molecule has 2 rings (SSSR count). The van der Waals surface area contributed by atoms with Gasteiger partial charge in [0.25, 0.3) is 5.91 Å². The molecule has 0 N–H and O–H groups in total. The lowest BCUT2D eigenvalue weighted by molar-refractivity contribution is 0.0603. The second-order valence-corrected chi connectivity index (χ2v) is 6.26. The SMILES string of the molecule is Cc1cc(C(=O)N(CCCl)C2CCC2)sc1C. The second-order valence-electron chi connectivity index (χ2n) is 4.62. The fourth-order valence-electron chi connectivity index (χ4n) is 2.06. The van der Waals surface area contributed by atoms with Gasteiger partial charge in [-0.3, -0.25) is 4.79 Å². The Morgan fingerprint density at radius 3 is 2.65 bits per heavy atom. The van der Waals surface area contributed by atoms with Crippen LogP contribution in [0.4, 0.5) is 0 Å². The van der Waals surface area contributed by atoms with E-state index < -0.39 is 0 Å². The molecule has 0 radical (unpaired) electrons. The third-order valence-electron chi connectivity index (χ3n) is 3.48. The van der Waals surface area contributed by atoms with Gasteiger partial charge < -0.3 is 4.90 Å². The van der Waals surface area contributed by atoms with Crippen LogP contribution in [-0.4, -0.2) is 29.3 Å². The van der Waals surface area contributed by atoms with E-state index in [2.05, 4.69) is 13.8 Å². The third kappa shape index (κ3) is 2.66. The molecule has 0 aliphatic heterocycles. The van der Waals surface area contributed by atoms with E-state index in [1.807, 2.05) is 11.0 Å². The molecule has 1 aromatic rings. The van der Waals surface area contributed by atoms with Gasteiger partial charge in [0.15, 0.2) is 0 Å². The smallest absolute Gasteiger partial charge is 0.264 e. The first-order valence-corrected chi connectivity index (χ1v) is 7.42. The fraction of sp³-hybridized carbons (Fsp3) is 0.615. The van der Waals surface area contributed by atoms with Crippen molar-refractivity contribution in [3.05, 3.63) is 21.4 Å². The summed E-state index contributed by atoms with van der Waals surface area (Å²) in [4.78, 5) is 16.5. The van der Waals surface area contributed by atoms with Gasteiger partial charge >= 0.3 is 0 Å². The van der Waals surface area contributed by atoms with E-state index in [1.54, 1.807) is 11.3 Å². The molecular weight excluding hydrogens is 254 g/mol. The number of carbonyl (C=O) groups excluding carboxylic acids is 1. The summed E-state index contributed by atoms with van der Waals surface area (Å²) in [5, 5.41) is 0.